The van der Waals surface area contributed by atoms with E-state index < -0.39 is 0 Å². The van der Waals surface area contributed by atoms with Crippen LogP contribution in [0.5, 0.6) is 0 Å². The topological polar surface area (TPSA) is 54.7 Å². The molecule has 0 aliphatic rings. The maximum atomic E-state index is 5.57. The highest BCUT2D eigenvalue weighted by atomic mass is 35.5. The van der Waals surface area contributed by atoms with Gasteiger partial charge < -0.3 is 5.73 Å². The monoisotopic (exact) mass is 167 g/mol. The van der Waals surface area contributed by atoms with Gasteiger partial charge in [-0.25, -0.2) is 0 Å². The van der Waals surface area contributed by atoms with Crippen molar-refractivity contribution in [3.05, 3.63) is 10.7 Å². The number of H-pyrrole nitrogens is 1. The van der Waals surface area contributed by atoms with Crippen LogP contribution >= 0.6 is 24.0 Å². The Bertz CT molecular complexity index is 176. The number of rotatable bonds is 0. The molecule has 1 aromatic heterocycles. The van der Waals surface area contributed by atoms with E-state index in [2.05, 4.69) is 10.2 Å². The second-order valence-corrected chi connectivity index (χ2v) is 1.91. The van der Waals surface area contributed by atoms with Gasteiger partial charge in [0.15, 0.2) is 0 Å². The Kier molecular flexibility index (Phi) is 2.81. The van der Waals surface area contributed by atoms with Gasteiger partial charge in [0.2, 0.25) is 0 Å². The van der Waals surface area contributed by atoms with Gasteiger partial charge in [0.25, 0.3) is 0 Å². The SMILES string of the molecule is Cc1n[nH]c(N)c1Cl.Cl. The maximum absolute atomic E-state index is 5.57. The minimum Gasteiger partial charge on any atom is -0.383 e. The average Bonchev–Trinajstić information content (AvgIpc) is 1.98. The Morgan fingerprint density at radius 3 is 2.33 bits per heavy atom. The van der Waals surface area contributed by atoms with Gasteiger partial charge in [-0.3, -0.25) is 5.10 Å². The smallest absolute Gasteiger partial charge is 0.138 e. The molecule has 3 N–H and O–H groups in total. The lowest BCUT2D eigenvalue weighted by Crippen LogP contribution is -1.83. The fraction of sp³-hybridized carbons (Fsp3) is 0.250. The molecular formula is C4H7Cl2N3. The van der Waals surface area contributed by atoms with Crippen LogP contribution in [-0.4, -0.2) is 10.2 Å². The fourth-order valence-electron chi connectivity index (χ4n) is 0.437. The summed E-state index contributed by atoms with van der Waals surface area (Å²) in [4.78, 5) is 0. The molecule has 0 fully saturated rings. The lowest BCUT2D eigenvalue weighted by atomic mass is 10.5. The molecule has 5 heteroatoms. The van der Waals surface area contributed by atoms with Gasteiger partial charge in [-0.2, -0.15) is 5.10 Å². The summed E-state index contributed by atoms with van der Waals surface area (Å²) in [6, 6.07) is 0. The van der Waals surface area contributed by atoms with Crippen molar-refractivity contribution in [2.45, 2.75) is 6.92 Å². The molecule has 0 aromatic carbocycles. The molecule has 1 heterocycles. The standard InChI is InChI=1S/C4H6ClN3.ClH/c1-2-3(5)4(6)8-7-2;/h1H3,(H3,6,7,8);1H. The van der Waals surface area contributed by atoms with Crippen LogP contribution in [-0.2, 0) is 0 Å². The first-order valence-corrected chi connectivity index (χ1v) is 2.55. The van der Waals surface area contributed by atoms with Crippen LogP contribution in [0, 0.1) is 6.92 Å². The molecule has 52 valence electrons. The van der Waals surface area contributed by atoms with Crippen LogP contribution in [0.1, 0.15) is 5.69 Å². The molecule has 0 saturated heterocycles. The summed E-state index contributed by atoms with van der Waals surface area (Å²) in [5, 5.41) is 6.78. The van der Waals surface area contributed by atoms with E-state index in [1.165, 1.54) is 0 Å². The number of aromatic nitrogens is 2. The molecule has 0 saturated carbocycles. The molecule has 9 heavy (non-hydrogen) atoms. The first-order chi connectivity index (χ1) is 3.72. The third-order valence-electron chi connectivity index (χ3n) is 0.898. The minimum absolute atomic E-state index is 0. The molecule has 0 amide bonds. The molecular weight excluding hydrogens is 161 g/mol. The Balaban J connectivity index is 0.000000640. The van der Waals surface area contributed by atoms with Gasteiger partial charge in [-0.1, -0.05) is 11.6 Å². The first kappa shape index (κ1) is 8.59. The Hall–Kier alpha value is -0.410. The van der Waals surface area contributed by atoms with E-state index in [0.717, 1.165) is 5.69 Å². The highest BCUT2D eigenvalue weighted by molar-refractivity contribution is 6.33. The van der Waals surface area contributed by atoms with Crippen molar-refractivity contribution in [3.63, 3.8) is 0 Å². The molecule has 0 aliphatic carbocycles. The summed E-state index contributed by atoms with van der Waals surface area (Å²) >= 11 is 5.57. The molecule has 0 radical (unpaired) electrons. The Morgan fingerprint density at radius 1 is 1.67 bits per heavy atom. The maximum Gasteiger partial charge on any atom is 0.138 e. The van der Waals surface area contributed by atoms with E-state index in [-0.39, 0.29) is 12.4 Å². The zero-order chi connectivity index (χ0) is 6.15. The van der Waals surface area contributed by atoms with Crippen molar-refractivity contribution in [2.75, 3.05) is 5.73 Å². The first-order valence-electron chi connectivity index (χ1n) is 2.17. The van der Waals surface area contributed by atoms with Crippen molar-refractivity contribution >= 4 is 29.8 Å². The Labute approximate surface area is 64.0 Å². The van der Waals surface area contributed by atoms with Crippen LogP contribution in [0.2, 0.25) is 5.02 Å². The van der Waals surface area contributed by atoms with Crippen molar-refractivity contribution in [1.29, 1.82) is 0 Å². The van der Waals surface area contributed by atoms with E-state index in [4.69, 9.17) is 17.3 Å². The van der Waals surface area contributed by atoms with Crippen molar-refractivity contribution in [1.82, 2.24) is 10.2 Å². The molecule has 0 spiro atoms. The van der Waals surface area contributed by atoms with E-state index in [9.17, 15) is 0 Å². The van der Waals surface area contributed by atoms with Gasteiger partial charge in [0, 0.05) is 0 Å². The molecule has 0 atom stereocenters. The predicted octanol–water partition coefficient (Wildman–Crippen LogP) is 1.38. The average molecular weight is 168 g/mol. The molecule has 1 aromatic rings. The van der Waals surface area contributed by atoms with Gasteiger partial charge in [0.1, 0.15) is 10.8 Å². The fourth-order valence-corrected chi connectivity index (χ4v) is 0.522. The summed E-state index contributed by atoms with van der Waals surface area (Å²) in [5.41, 5.74) is 6.03. The van der Waals surface area contributed by atoms with Crippen LogP contribution in [0.3, 0.4) is 0 Å². The zero-order valence-corrected chi connectivity index (χ0v) is 6.38. The third-order valence-corrected chi connectivity index (χ3v) is 1.38. The number of hydrogen-bond acceptors (Lipinski definition) is 2. The van der Waals surface area contributed by atoms with Crippen molar-refractivity contribution in [2.24, 2.45) is 0 Å². The van der Waals surface area contributed by atoms with Gasteiger partial charge in [-0.05, 0) is 6.92 Å². The third kappa shape index (κ3) is 1.50. The van der Waals surface area contributed by atoms with Gasteiger partial charge in [0.05, 0.1) is 5.69 Å². The largest absolute Gasteiger partial charge is 0.383 e. The molecule has 0 bridgehead atoms. The minimum atomic E-state index is 0. The molecule has 1 rings (SSSR count). The molecule has 3 nitrogen and oxygen atoms in total. The lowest BCUT2D eigenvalue weighted by molar-refractivity contribution is 1.05. The van der Waals surface area contributed by atoms with E-state index in [1.807, 2.05) is 0 Å². The summed E-state index contributed by atoms with van der Waals surface area (Å²) in [7, 11) is 0. The van der Waals surface area contributed by atoms with Crippen molar-refractivity contribution < 1.29 is 0 Å². The van der Waals surface area contributed by atoms with Crippen LogP contribution in [0.4, 0.5) is 5.82 Å². The Morgan fingerprint density at radius 2 is 2.22 bits per heavy atom. The second-order valence-electron chi connectivity index (χ2n) is 1.54. The number of nitrogen functional groups attached to an aromatic ring is 1. The van der Waals surface area contributed by atoms with E-state index in [1.54, 1.807) is 6.92 Å². The highest BCUT2D eigenvalue weighted by Gasteiger charge is 2.00. The summed E-state index contributed by atoms with van der Waals surface area (Å²) < 4.78 is 0. The number of nitrogens with two attached hydrogens (primary N) is 1. The van der Waals surface area contributed by atoms with Gasteiger partial charge in [-0.15, -0.1) is 12.4 Å². The number of anilines is 1. The second kappa shape index (κ2) is 2.94. The van der Waals surface area contributed by atoms with E-state index in [0.29, 0.717) is 10.8 Å². The van der Waals surface area contributed by atoms with Gasteiger partial charge >= 0.3 is 0 Å². The quantitative estimate of drug-likeness (QED) is 0.614. The predicted molar refractivity (Wildman–Crippen MR) is 40.0 cm³/mol. The number of aryl methyl sites for hydroxylation is 1. The lowest BCUT2D eigenvalue weighted by Gasteiger charge is -1.81. The number of nitrogens with zero attached hydrogens (tertiary/aromatic N) is 1. The summed E-state index contributed by atoms with van der Waals surface area (Å²) in [5.74, 6) is 0.434. The highest BCUT2D eigenvalue weighted by Crippen LogP contribution is 2.17. The molecule has 0 aliphatic heterocycles. The number of hydrogen-bond donors (Lipinski definition) is 2. The normalized spacial score (nSPS) is 8.67. The van der Waals surface area contributed by atoms with Crippen molar-refractivity contribution in [3.8, 4) is 0 Å². The van der Waals surface area contributed by atoms with Crippen LogP contribution in [0.15, 0.2) is 0 Å². The van der Waals surface area contributed by atoms with Crippen LogP contribution < -0.4 is 5.73 Å². The summed E-state index contributed by atoms with van der Waals surface area (Å²) in [6.45, 7) is 1.79. The summed E-state index contributed by atoms with van der Waals surface area (Å²) in [6.07, 6.45) is 0. The molecule has 0 unspecified atom stereocenters. The van der Waals surface area contributed by atoms with Crippen LogP contribution in [0.25, 0.3) is 0 Å². The number of halogens is 2. The van der Waals surface area contributed by atoms with E-state index >= 15 is 0 Å². The zero-order valence-electron chi connectivity index (χ0n) is 4.81. The number of nitrogens with one attached hydrogen (secondary N) is 1. The number of aromatic amines is 1.